The number of nitrogens with two attached hydrogens (primary N) is 1. The first-order chi connectivity index (χ1) is 9.85. The Morgan fingerprint density at radius 1 is 1.25 bits per heavy atom. The Bertz CT molecular complexity index is 472. The third-order valence-electron chi connectivity index (χ3n) is 3.38. The third-order valence-corrected chi connectivity index (χ3v) is 4.11. The normalized spacial score (nSPS) is 14.1. The van der Waals surface area contributed by atoms with Crippen molar-refractivity contribution in [2.75, 3.05) is 6.61 Å². The predicted molar refractivity (Wildman–Crippen MR) is 84.6 cm³/mol. The molecular formula is C16H22N2OS. The van der Waals surface area contributed by atoms with Crippen LogP contribution < -0.4 is 11.3 Å². The van der Waals surface area contributed by atoms with Gasteiger partial charge in [0.05, 0.1) is 12.1 Å². The molecule has 0 spiro atoms. The molecule has 4 heteroatoms. The highest BCUT2D eigenvalue weighted by Gasteiger charge is 2.22. The van der Waals surface area contributed by atoms with Crippen molar-refractivity contribution in [1.82, 2.24) is 5.43 Å². The minimum Gasteiger partial charge on any atom is -0.372 e. The molecule has 1 aromatic carbocycles. The maximum absolute atomic E-state index is 5.91. The minimum atomic E-state index is -0.00941. The summed E-state index contributed by atoms with van der Waals surface area (Å²) in [5.41, 5.74) is 5.46. The van der Waals surface area contributed by atoms with Gasteiger partial charge in [-0.1, -0.05) is 30.3 Å². The summed E-state index contributed by atoms with van der Waals surface area (Å²) in [6, 6.07) is 12.5. The number of benzene rings is 1. The van der Waals surface area contributed by atoms with Gasteiger partial charge in [-0.25, -0.2) is 0 Å². The summed E-state index contributed by atoms with van der Waals surface area (Å²) in [6.45, 7) is 2.69. The molecule has 0 bridgehead atoms. The van der Waals surface area contributed by atoms with Gasteiger partial charge in [-0.15, -0.1) is 0 Å². The lowest BCUT2D eigenvalue weighted by Crippen LogP contribution is -2.41. The van der Waals surface area contributed by atoms with Crippen molar-refractivity contribution >= 4 is 11.3 Å². The molecule has 3 nitrogen and oxygen atoms in total. The van der Waals surface area contributed by atoms with Crippen LogP contribution in [0.1, 0.15) is 30.6 Å². The maximum atomic E-state index is 5.91. The molecule has 2 rings (SSSR count). The van der Waals surface area contributed by atoms with E-state index in [9.17, 15) is 0 Å². The van der Waals surface area contributed by atoms with Gasteiger partial charge in [0.1, 0.15) is 0 Å². The van der Waals surface area contributed by atoms with Crippen LogP contribution in [0.4, 0.5) is 0 Å². The monoisotopic (exact) mass is 290 g/mol. The van der Waals surface area contributed by atoms with Crippen molar-refractivity contribution in [1.29, 1.82) is 0 Å². The van der Waals surface area contributed by atoms with Gasteiger partial charge in [0, 0.05) is 6.61 Å². The van der Waals surface area contributed by atoms with Gasteiger partial charge in [-0.05, 0) is 47.7 Å². The van der Waals surface area contributed by atoms with E-state index >= 15 is 0 Å². The molecule has 0 radical (unpaired) electrons. The number of hydrogen-bond acceptors (Lipinski definition) is 4. The van der Waals surface area contributed by atoms with Crippen LogP contribution in [0.2, 0.25) is 0 Å². The van der Waals surface area contributed by atoms with Crippen LogP contribution in [-0.2, 0) is 11.2 Å². The van der Waals surface area contributed by atoms with Crippen LogP contribution in [0.15, 0.2) is 47.2 Å². The summed E-state index contributed by atoms with van der Waals surface area (Å²) in [6.07, 6.45) is 1.95. The van der Waals surface area contributed by atoms with Gasteiger partial charge in [0.2, 0.25) is 0 Å². The molecule has 0 fully saturated rings. The van der Waals surface area contributed by atoms with Gasteiger partial charge in [-0.3, -0.25) is 11.3 Å². The topological polar surface area (TPSA) is 47.3 Å². The molecule has 0 aliphatic heterocycles. The number of hydrazine groups is 1. The summed E-state index contributed by atoms with van der Waals surface area (Å²) in [5.74, 6) is 5.75. The van der Waals surface area contributed by atoms with E-state index in [2.05, 4.69) is 34.4 Å². The van der Waals surface area contributed by atoms with Gasteiger partial charge in [-0.2, -0.15) is 11.3 Å². The first kappa shape index (κ1) is 15.2. The van der Waals surface area contributed by atoms with Crippen LogP contribution in [0.25, 0.3) is 0 Å². The smallest absolute Gasteiger partial charge is 0.0991 e. The fourth-order valence-electron chi connectivity index (χ4n) is 2.35. The molecule has 3 N–H and O–H groups in total. The summed E-state index contributed by atoms with van der Waals surface area (Å²) in [7, 11) is 0. The van der Waals surface area contributed by atoms with E-state index in [1.165, 1.54) is 11.1 Å². The second-order valence-electron chi connectivity index (χ2n) is 4.73. The minimum absolute atomic E-state index is 0.00941. The molecular weight excluding hydrogens is 268 g/mol. The van der Waals surface area contributed by atoms with E-state index in [1.54, 1.807) is 11.3 Å². The summed E-state index contributed by atoms with van der Waals surface area (Å²) in [5, 5.41) is 4.29. The van der Waals surface area contributed by atoms with Crippen molar-refractivity contribution in [3.8, 4) is 0 Å². The van der Waals surface area contributed by atoms with E-state index in [4.69, 9.17) is 10.6 Å². The largest absolute Gasteiger partial charge is 0.372 e. The molecule has 0 aliphatic rings. The van der Waals surface area contributed by atoms with E-state index < -0.39 is 0 Å². The summed E-state index contributed by atoms with van der Waals surface area (Å²) in [4.78, 5) is 0. The number of hydrogen-bond donors (Lipinski definition) is 2. The van der Waals surface area contributed by atoms with Crippen molar-refractivity contribution < 1.29 is 4.74 Å². The van der Waals surface area contributed by atoms with E-state index in [0.29, 0.717) is 6.61 Å². The molecule has 0 saturated carbocycles. The molecule has 0 amide bonds. The van der Waals surface area contributed by atoms with Crippen LogP contribution >= 0.6 is 11.3 Å². The van der Waals surface area contributed by atoms with Crippen LogP contribution in [0, 0.1) is 0 Å². The zero-order valence-corrected chi connectivity index (χ0v) is 12.6. The van der Waals surface area contributed by atoms with Gasteiger partial charge in [0.15, 0.2) is 0 Å². The van der Waals surface area contributed by atoms with Crippen molar-refractivity contribution in [2.24, 2.45) is 5.84 Å². The maximum Gasteiger partial charge on any atom is 0.0991 e. The summed E-state index contributed by atoms with van der Waals surface area (Å²) < 4.78 is 5.91. The highest BCUT2D eigenvalue weighted by molar-refractivity contribution is 7.07. The Hall–Kier alpha value is -1.20. The second kappa shape index (κ2) is 8.17. The predicted octanol–water partition coefficient (Wildman–Crippen LogP) is 3.29. The number of thiophene rings is 1. The number of nitrogens with one attached hydrogen (secondary N) is 1. The van der Waals surface area contributed by atoms with Crippen molar-refractivity contribution in [2.45, 2.75) is 31.9 Å². The lowest BCUT2D eigenvalue weighted by molar-refractivity contribution is 0.0309. The zero-order valence-electron chi connectivity index (χ0n) is 11.8. The SMILES string of the molecule is CCOC(c1ccccc1)C(CCc1ccsc1)NN. The van der Waals surface area contributed by atoms with Crippen molar-refractivity contribution in [3.63, 3.8) is 0 Å². The molecule has 20 heavy (non-hydrogen) atoms. The molecule has 1 aromatic heterocycles. The zero-order chi connectivity index (χ0) is 14.2. The fraction of sp³-hybridized carbons (Fsp3) is 0.375. The van der Waals surface area contributed by atoms with E-state index in [1.807, 2.05) is 25.1 Å². The first-order valence-corrected chi connectivity index (χ1v) is 7.93. The highest BCUT2D eigenvalue weighted by Crippen LogP contribution is 2.24. The Kier molecular flexibility index (Phi) is 6.21. The standard InChI is InChI=1S/C16H22N2OS/c1-2-19-16(14-6-4-3-5-7-14)15(18-17)9-8-13-10-11-20-12-13/h3-7,10-12,15-16,18H,2,8-9,17H2,1H3. The van der Waals surface area contributed by atoms with E-state index in [0.717, 1.165) is 12.8 Å². The average molecular weight is 290 g/mol. The first-order valence-electron chi connectivity index (χ1n) is 6.99. The molecule has 2 aromatic rings. The van der Waals surface area contributed by atoms with Crippen LogP contribution in [0.5, 0.6) is 0 Å². The Morgan fingerprint density at radius 2 is 2.05 bits per heavy atom. The van der Waals surface area contributed by atoms with Crippen molar-refractivity contribution in [3.05, 3.63) is 58.3 Å². The number of ether oxygens (including phenoxy) is 1. The molecule has 0 aliphatic carbocycles. The lowest BCUT2D eigenvalue weighted by atomic mass is 9.97. The van der Waals surface area contributed by atoms with Gasteiger partial charge >= 0.3 is 0 Å². The number of aryl methyl sites for hydroxylation is 1. The molecule has 2 atom stereocenters. The van der Waals surface area contributed by atoms with E-state index in [-0.39, 0.29) is 12.1 Å². The molecule has 108 valence electrons. The second-order valence-corrected chi connectivity index (χ2v) is 5.51. The fourth-order valence-corrected chi connectivity index (χ4v) is 3.05. The van der Waals surface area contributed by atoms with Crippen LogP contribution in [0.3, 0.4) is 0 Å². The highest BCUT2D eigenvalue weighted by atomic mass is 32.1. The van der Waals surface area contributed by atoms with Gasteiger partial charge in [0.25, 0.3) is 0 Å². The molecule has 0 saturated heterocycles. The molecule has 2 unspecified atom stereocenters. The quantitative estimate of drug-likeness (QED) is 0.579. The Morgan fingerprint density at radius 3 is 2.65 bits per heavy atom. The molecule has 1 heterocycles. The third kappa shape index (κ3) is 4.15. The Balaban J connectivity index is 2.05. The average Bonchev–Trinajstić information content (AvgIpc) is 3.01. The Labute approximate surface area is 124 Å². The summed E-state index contributed by atoms with van der Waals surface area (Å²) >= 11 is 1.73. The number of rotatable bonds is 8. The van der Waals surface area contributed by atoms with Crippen LogP contribution in [-0.4, -0.2) is 12.6 Å². The lowest BCUT2D eigenvalue weighted by Gasteiger charge is -2.27. The van der Waals surface area contributed by atoms with Gasteiger partial charge < -0.3 is 4.74 Å².